The monoisotopic (exact) mass is 224 g/mol. The Morgan fingerprint density at radius 3 is 2.81 bits per heavy atom. The second kappa shape index (κ2) is 5.85. The topological polar surface area (TPSA) is 50.7 Å². The normalized spacial score (nSPS) is 11.1. The summed E-state index contributed by atoms with van der Waals surface area (Å²) in [5.41, 5.74) is 2.90. The highest BCUT2D eigenvalue weighted by Crippen LogP contribution is 2.07. The quantitative estimate of drug-likeness (QED) is 0.632. The van der Waals surface area contributed by atoms with Crippen LogP contribution in [0, 0.1) is 5.82 Å². The van der Waals surface area contributed by atoms with E-state index in [9.17, 15) is 9.18 Å². The fourth-order valence-corrected chi connectivity index (χ4v) is 1.11. The van der Waals surface area contributed by atoms with Crippen molar-refractivity contribution in [1.82, 2.24) is 5.43 Å². The van der Waals surface area contributed by atoms with Crippen LogP contribution in [0.4, 0.5) is 9.18 Å². The van der Waals surface area contributed by atoms with Gasteiger partial charge in [0.15, 0.2) is 0 Å². The first-order valence-electron chi connectivity index (χ1n) is 4.87. The average molecular weight is 224 g/mol. The molecule has 0 aromatic heterocycles. The predicted octanol–water partition coefficient (Wildman–Crippen LogP) is 2.30. The fourth-order valence-electron chi connectivity index (χ4n) is 1.11. The zero-order valence-electron chi connectivity index (χ0n) is 9.16. The smallest absolute Gasteiger partial charge is 0.427 e. The average Bonchev–Trinajstić information content (AvgIpc) is 2.27. The summed E-state index contributed by atoms with van der Waals surface area (Å²) in [5.74, 6) is -0.380. The van der Waals surface area contributed by atoms with Crippen molar-refractivity contribution in [2.45, 2.75) is 13.8 Å². The third kappa shape index (κ3) is 3.34. The molecule has 0 saturated carbocycles. The van der Waals surface area contributed by atoms with E-state index in [1.165, 1.54) is 6.07 Å². The third-order valence-corrected chi connectivity index (χ3v) is 1.85. The molecular formula is C11H13FN2O2. The lowest BCUT2D eigenvalue weighted by atomic mass is 10.1. The number of ether oxygens (including phenoxy) is 1. The number of nitrogens with zero attached hydrogens (tertiary/aromatic N) is 1. The summed E-state index contributed by atoms with van der Waals surface area (Å²) in [7, 11) is 0. The molecule has 0 aliphatic rings. The van der Waals surface area contributed by atoms with Gasteiger partial charge in [0.1, 0.15) is 5.82 Å². The second-order valence-electron chi connectivity index (χ2n) is 3.01. The summed E-state index contributed by atoms with van der Waals surface area (Å²) in [6.45, 7) is 3.55. The molecule has 0 saturated heterocycles. The van der Waals surface area contributed by atoms with Crippen molar-refractivity contribution in [2.75, 3.05) is 6.61 Å². The molecule has 0 fully saturated rings. The van der Waals surface area contributed by atoms with Gasteiger partial charge in [-0.25, -0.2) is 14.6 Å². The molecule has 16 heavy (non-hydrogen) atoms. The number of benzene rings is 1. The molecule has 0 aliphatic heterocycles. The van der Waals surface area contributed by atoms with E-state index in [1.54, 1.807) is 32.0 Å². The molecule has 0 unspecified atom stereocenters. The maximum Gasteiger partial charge on any atom is 0.427 e. The van der Waals surface area contributed by atoms with Gasteiger partial charge in [-0.1, -0.05) is 18.2 Å². The molecule has 1 amide bonds. The molecule has 0 atom stereocenters. The van der Waals surface area contributed by atoms with Crippen molar-refractivity contribution >= 4 is 11.8 Å². The number of hydrogen-bond donors (Lipinski definition) is 1. The highest BCUT2D eigenvalue weighted by Gasteiger charge is 2.04. The van der Waals surface area contributed by atoms with E-state index in [0.717, 1.165) is 0 Å². The van der Waals surface area contributed by atoms with E-state index in [2.05, 4.69) is 15.3 Å². The molecule has 0 aliphatic carbocycles. The van der Waals surface area contributed by atoms with Crippen molar-refractivity contribution in [2.24, 2.45) is 5.10 Å². The van der Waals surface area contributed by atoms with Crippen LogP contribution in [0.15, 0.2) is 29.4 Å². The van der Waals surface area contributed by atoms with Crippen LogP contribution in [0.3, 0.4) is 0 Å². The minimum atomic E-state index is -0.654. The maximum atomic E-state index is 13.3. The number of rotatable bonds is 3. The van der Waals surface area contributed by atoms with Gasteiger partial charge in [0.25, 0.3) is 0 Å². The number of hydrazone groups is 1. The van der Waals surface area contributed by atoms with E-state index in [0.29, 0.717) is 11.3 Å². The van der Waals surface area contributed by atoms with E-state index < -0.39 is 6.09 Å². The Morgan fingerprint density at radius 1 is 1.50 bits per heavy atom. The number of halogens is 1. The molecule has 5 heteroatoms. The van der Waals surface area contributed by atoms with Gasteiger partial charge in [-0.2, -0.15) is 5.10 Å². The van der Waals surface area contributed by atoms with Gasteiger partial charge in [-0.3, -0.25) is 0 Å². The van der Waals surface area contributed by atoms with Gasteiger partial charge < -0.3 is 4.74 Å². The van der Waals surface area contributed by atoms with E-state index in [4.69, 9.17) is 0 Å². The van der Waals surface area contributed by atoms with Crippen molar-refractivity contribution in [3.05, 3.63) is 35.6 Å². The minimum absolute atomic E-state index is 0.264. The zero-order chi connectivity index (χ0) is 12.0. The Kier molecular flexibility index (Phi) is 4.44. The lowest BCUT2D eigenvalue weighted by Gasteiger charge is -2.03. The summed E-state index contributed by atoms with van der Waals surface area (Å²) in [5, 5.41) is 3.73. The third-order valence-electron chi connectivity index (χ3n) is 1.85. The van der Waals surface area contributed by atoms with Crippen LogP contribution in [0.5, 0.6) is 0 Å². The van der Waals surface area contributed by atoms with Crippen molar-refractivity contribution in [3.63, 3.8) is 0 Å². The van der Waals surface area contributed by atoms with Gasteiger partial charge >= 0.3 is 6.09 Å². The Balaban J connectivity index is 2.71. The number of amides is 1. The van der Waals surface area contributed by atoms with Crippen LogP contribution in [-0.2, 0) is 4.74 Å². The Bertz CT molecular complexity index is 405. The van der Waals surface area contributed by atoms with E-state index in [1.807, 2.05) is 0 Å². The summed E-state index contributed by atoms with van der Waals surface area (Å²) in [6, 6.07) is 6.20. The summed E-state index contributed by atoms with van der Waals surface area (Å²) in [4.78, 5) is 10.9. The summed E-state index contributed by atoms with van der Waals surface area (Å²) in [6.07, 6.45) is -0.654. The van der Waals surface area contributed by atoms with Crippen LogP contribution in [0.25, 0.3) is 0 Å². The summed E-state index contributed by atoms with van der Waals surface area (Å²) >= 11 is 0. The number of carbonyl (C=O) groups excluding carboxylic acids is 1. The maximum absolute atomic E-state index is 13.3. The van der Waals surface area contributed by atoms with Crippen molar-refractivity contribution in [3.8, 4) is 0 Å². The molecule has 0 heterocycles. The second-order valence-corrected chi connectivity index (χ2v) is 3.01. The Morgan fingerprint density at radius 2 is 2.19 bits per heavy atom. The predicted molar refractivity (Wildman–Crippen MR) is 58.8 cm³/mol. The Labute approximate surface area is 93.1 Å². The number of carbonyl (C=O) groups is 1. The molecule has 1 aromatic carbocycles. The SMILES string of the molecule is CCOC(=O)N/N=C(/C)c1ccccc1F. The zero-order valence-corrected chi connectivity index (χ0v) is 9.16. The van der Waals surface area contributed by atoms with Crippen LogP contribution in [0.2, 0.25) is 0 Å². The molecular weight excluding hydrogens is 211 g/mol. The van der Waals surface area contributed by atoms with Gasteiger partial charge in [0.05, 0.1) is 12.3 Å². The lowest BCUT2D eigenvalue weighted by molar-refractivity contribution is 0.152. The molecule has 1 rings (SSSR count). The van der Waals surface area contributed by atoms with Crippen LogP contribution < -0.4 is 5.43 Å². The van der Waals surface area contributed by atoms with Gasteiger partial charge in [0.2, 0.25) is 0 Å². The van der Waals surface area contributed by atoms with Crippen LogP contribution in [0.1, 0.15) is 19.4 Å². The number of hydrogen-bond acceptors (Lipinski definition) is 3. The van der Waals surface area contributed by atoms with Crippen LogP contribution in [-0.4, -0.2) is 18.4 Å². The molecule has 4 nitrogen and oxygen atoms in total. The highest BCUT2D eigenvalue weighted by atomic mass is 19.1. The van der Waals surface area contributed by atoms with E-state index in [-0.39, 0.29) is 12.4 Å². The largest absolute Gasteiger partial charge is 0.449 e. The molecule has 0 spiro atoms. The standard InChI is InChI=1S/C11H13FN2O2/c1-3-16-11(15)14-13-8(2)9-6-4-5-7-10(9)12/h4-7H,3H2,1-2H3,(H,14,15)/b13-8-. The van der Waals surface area contributed by atoms with Crippen molar-refractivity contribution < 1.29 is 13.9 Å². The molecule has 0 radical (unpaired) electrons. The molecule has 1 aromatic rings. The first-order valence-corrected chi connectivity index (χ1v) is 4.87. The first kappa shape index (κ1) is 12.2. The fraction of sp³-hybridized carbons (Fsp3) is 0.273. The lowest BCUT2D eigenvalue weighted by Crippen LogP contribution is -2.20. The number of nitrogens with one attached hydrogen (secondary N) is 1. The highest BCUT2D eigenvalue weighted by molar-refractivity contribution is 5.99. The van der Waals surface area contributed by atoms with Gasteiger partial charge in [0, 0.05) is 5.56 Å². The minimum Gasteiger partial charge on any atom is -0.449 e. The summed E-state index contributed by atoms with van der Waals surface area (Å²) < 4.78 is 17.9. The van der Waals surface area contributed by atoms with Gasteiger partial charge in [-0.05, 0) is 19.9 Å². The van der Waals surface area contributed by atoms with Crippen molar-refractivity contribution in [1.29, 1.82) is 0 Å². The van der Waals surface area contributed by atoms with Crippen LogP contribution >= 0.6 is 0 Å². The van der Waals surface area contributed by atoms with E-state index >= 15 is 0 Å². The first-order chi connectivity index (χ1) is 7.65. The Hall–Kier alpha value is -1.91. The molecule has 0 bridgehead atoms. The molecule has 1 N–H and O–H groups in total. The van der Waals surface area contributed by atoms with Gasteiger partial charge in [-0.15, -0.1) is 0 Å². The molecule has 86 valence electrons.